The monoisotopic (exact) mass is 382 g/mol. The fourth-order valence-corrected chi connectivity index (χ4v) is 3.12. The third kappa shape index (κ3) is 5.17. The zero-order valence-corrected chi connectivity index (χ0v) is 16.4. The first-order chi connectivity index (χ1) is 11.7. The number of pyridine rings is 1. The van der Waals surface area contributed by atoms with Crippen LogP contribution in [-0.2, 0) is 11.0 Å². The van der Waals surface area contributed by atoms with Crippen molar-refractivity contribution < 1.29 is 13.7 Å². The largest absolute Gasteiger partial charge is 0.481 e. The maximum Gasteiger partial charge on any atom is 0.222 e. The van der Waals surface area contributed by atoms with Gasteiger partial charge in [-0.05, 0) is 56.5 Å². The van der Waals surface area contributed by atoms with Gasteiger partial charge in [0.1, 0.15) is 5.75 Å². The topological polar surface area (TPSA) is 74.4 Å². The van der Waals surface area contributed by atoms with Crippen LogP contribution >= 0.6 is 11.6 Å². The van der Waals surface area contributed by atoms with Gasteiger partial charge in [0.05, 0.1) is 22.8 Å². The SMILES string of the molecule is COc1nc(Oc2ccc(Cl)cc2)ccc1[C@@H](C)CC(C)(C)S(N)=O. The molecule has 0 aliphatic heterocycles. The third-order valence-electron chi connectivity index (χ3n) is 3.97. The van der Waals surface area contributed by atoms with Crippen molar-refractivity contribution in [1.29, 1.82) is 0 Å². The second-order valence-corrected chi connectivity index (χ2v) is 8.60. The highest BCUT2D eigenvalue weighted by Gasteiger charge is 2.28. The second kappa shape index (κ2) is 8.17. The maximum atomic E-state index is 11.7. The lowest BCUT2D eigenvalue weighted by Gasteiger charge is -2.26. The molecule has 25 heavy (non-hydrogen) atoms. The summed E-state index contributed by atoms with van der Waals surface area (Å²) in [6.45, 7) is 5.81. The van der Waals surface area contributed by atoms with Crippen LogP contribution in [0, 0.1) is 0 Å². The number of ether oxygens (including phenoxy) is 2. The lowest BCUT2D eigenvalue weighted by atomic mass is 9.92. The van der Waals surface area contributed by atoms with Crippen LogP contribution in [0.1, 0.15) is 38.7 Å². The van der Waals surface area contributed by atoms with Gasteiger partial charge in [0.25, 0.3) is 0 Å². The summed E-state index contributed by atoms with van der Waals surface area (Å²) in [4.78, 5) is 4.42. The van der Waals surface area contributed by atoms with Crippen molar-refractivity contribution in [3.05, 3.63) is 47.0 Å². The van der Waals surface area contributed by atoms with Crippen molar-refractivity contribution in [2.24, 2.45) is 5.14 Å². The quantitative estimate of drug-likeness (QED) is 0.768. The molecule has 2 atom stereocenters. The van der Waals surface area contributed by atoms with Gasteiger partial charge >= 0.3 is 0 Å². The molecule has 2 aromatic rings. The first-order valence-electron chi connectivity index (χ1n) is 7.87. The van der Waals surface area contributed by atoms with Crippen molar-refractivity contribution in [3.8, 4) is 17.5 Å². The smallest absolute Gasteiger partial charge is 0.222 e. The van der Waals surface area contributed by atoms with Crippen molar-refractivity contribution in [3.63, 3.8) is 0 Å². The molecule has 0 saturated heterocycles. The molecule has 2 rings (SSSR count). The Morgan fingerprint density at radius 1 is 1.24 bits per heavy atom. The predicted molar refractivity (Wildman–Crippen MR) is 102 cm³/mol. The van der Waals surface area contributed by atoms with Crippen LogP contribution in [0.2, 0.25) is 5.02 Å². The number of hydrogen-bond donors (Lipinski definition) is 1. The van der Waals surface area contributed by atoms with Crippen LogP contribution in [-0.4, -0.2) is 21.0 Å². The summed E-state index contributed by atoms with van der Waals surface area (Å²) in [7, 11) is 0.158. The van der Waals surface area contributed by atoms with Crippen LogP contribution in [0.15, 0.2) is 36.4 Å². The fraction of sp³-hybridized carbons (Fsp3) is 0.389. The van der Waals surface area contributed by atoms with Crippen molar-refractivity contribution in [2.45, 2.75) is 37.9 Å². The van der Waals surface area contributed by atoms with Gasteiger partial charge < -0.3 is 9.47 Å². The van der Waals surface area contributed by atoms with Gasteiger partial charge in [-0.25, -0.2) is 4.21 Å². The Morgan fingerprint density at radius 3 is 2.44 bits per heavy atom. The lowest BCUT2D eigenvalue weighted by Crippen LogP contribution is -2.33. The van der Waals surface area contributed by atoms with Gasteiger partial charge in [0.2, 0.25) is 11.8 Å². The summed E-state index contributed by atoms with van der Waals surface area (Å²) in [5, 5.41) is 6.22. The predicted octanol–water partition coefficient (Wildman–Crippen LogP) is 4.43. The van der Waals surface area contributed by atoms with E-state index < -0.39 is 15.7 Å². The standard InChI is InChI=1S/C18H23ClN2O3S/c1-12(11-18(2,3)25(20)22)15-9-10-16(21-17(15)23-4)24-14-7-5-13(19)6-8-14/h5-10,12H,11,20H2,1-4H3/t12-,25?/m0/s1. The zero-order valence-electron chi connectivity index (χ0n) is 14.8. The van der Waals surface area contributed by atoms with Crippen molar-refractivity contribution in [1.82, 2.24) is 4.98 Å². The number of rotatable bonds is 7. The van der Waals surface area contributed by atoms with Gasteiger partial charge in [-0.2, -0.15) is 4.98 Å². The molecule has 0 amide bonds. The van der Waals surface area contributed by atoms with Gasteiger partial charge in [0, 0.05) is 16.7 Å². The minimum absolute atomic E-state index is 0.0783. The van der Waals surface area contributed by atoms with Gasteiger partial charge in [-0.15, -0.1) is 0 Å². The molecule has 0 radical (unpaired) electrons. The Hall–Kier alpha value is -1.63. The van der Waals surface area contributed by atoms with Crippen LogP contribution in [0.5, 0.6) is 17.5 Å². The van der Waals surface area contributed by atoms with Gasteiger partial charge in [-0.3, -0.25) is 5.14 Å². The number of methoxy groups -OCH3 is 1. The average molecular weight is 383 g/mol. The molecule has 5 nitrogen and oxygen atoms in total. The first-order valence-corrected chi connectivity index (χ1v) is 9.46. The zero-order chi connectivity index (χ0) is 18.6. The molecule has 0 saturated carbocycles. The van der Waals surface area contributed by atoms with Crippen molar-refractivity contribution >= 4 is 22.6 Å². The lowest BCUT2D eigenvalue weighted by molar-refractivity contribution is 0.373. The highest BCUT2D eigenvalue weighted by molar-refractivity contribution is 7.84. The molecule has 0 aliphatic carbocycles. The molecule has 0 aliphatic rings. The van der Waals surface area contributed by atoms with E-state index in [1.807, 2.05) is 26.8 Å². The van der Waals surface area contributed by atoms with E-state index in [4.69, 9.17) is 26.2 Å². The molecule has 1 heterocycles. The van der Waals surface area contributed by atoms with Crippen LogP contribution in [0.3, 0.4) is 0 Å². The minimum Gasteiger partial charge on any atom is -0.481 e. The highest BCUT2D eigenvalue weighted by Crippen LogP contribution is 2.34. The molecule has 0 fully saturated rings. The average Bonchev–Trinajstić information content (AvgIpc) is 2.56. The number of hydrogen-bond acceptors (Lipinski definition) is 4. The minimum atomic E-state index is -1.41. The summed E-state index contributed by atoms with van der Waals surface area (Å²) in [5.74, 6) is 1.63. The summed E-state index contributed by atoms with van der Waals surface area (Å²) >= 11 is 5.87. The number of halogens is 1. The summed E-state index contributed by atoms with van der Waals surface area (Å²) < 4.78 is 22.3. The molecule has 2 N–H and O–H groups in total. The number of nitrogens with zero attached hydrogens (tertiary/aromatic N) is 1. The second-order valence-electron chi connectivity index (χ2n) is 6.47. The first kappa shape index (κ1) is 19.7. The normalized spacial score (nSPS) is 14.0. The maximum absolute atomic E-state index is 11.7. The van der Waals surface area contributed by atoms with E-state index in [1.165, 1.54) is 0 Å². The molecule has 0 bridgehead atoms. The third-order valence-corrected chi connectivity index (χ3v) is 5.47. The summed E-state index contributed by atoms with van der Waals surface area (Å²) in [5.41, 5.74) is 0.921. The molecule has 1 aromatic heterocycles. The Kier molecular flexibility index (Phi) is 6.43. The molecular weight excluding hydrogens is 360 g/mol. The Labute approximate surface area is 156 Å². The Bertz CT molecular complexity index is 750. The molecule has 0 spiro atoms. The van der Waals surface area contributed by atoms with Crippen LogP contribution in [0.25, 0.3) is 0 Å². The number of aromatic nitrogens is 1. The van der Waals surface area contributed by atoms with E-state index >= 15 is 0 Å². The molecule has 136 valence electrons. The highest BCUT2D eigenvalue weighted by atomic mass is 35.5. The van der Waals surface area contributed by atoms with E-state index in [0.717, 1.165) is 5.56 Å². The molecule has 1 aromatic carbocycles. The van der Waals surface area contributed by atoms with E-state index in [9.17, 15) is 4.21 Å². The summed E-state index contributed by atoms with van der Waals surface area (Å²) in [6.07, 6.45) is 0.644. The van der Waals surface area contributed by atoms with Crippen LogP contribution in [0.4, 0.5) is 0 Å². The van der Waals surface area contributed by atoms with Gasteiger partial charge in [0.15, 0.2) is 0 Å². The van der Waals surface area contributed by atoms with E-state index in [1.54, 1.807) is 37.4 Å². The summed E-state index contributed by atoms with van der Waals surface area (Å²) in [6, 6.07) is 10.7. The number of benzene rings is 1. The molecule has 1 unspecified atom stereocenters. The number of nitrogens with two attached hydrogens (primary N) is 1. The van der Waals surface area contributed by atoms with Crippen LogP contribution < -0.4 is 14.6 Å². The Morgan fingerprint density at radius 2 is 1.88 bits per heavy atom. The van der Waals surface area contributed by atoms with E-state index in [0.29, 0.717) is 29.0 Å². The van der Waals surface area contributed by atoms with Gasteiger partial charge in [-0.1, -0.05) is 18.5 Å². The van der Waals surface area contributed by atoms with E-state index in [-0.39, 0.29) is 5.92 Å². The van der Waals surface area contributed by atoms with Crippen molar-refractivity contribution in [2.75, 3.05) is 7.11 Å². The van der Waals surface area contributed by atoms with E-state index in [2.05, 4.69) is 4.98 Å². The fourth-order valence-electron chi connectivity index (χ4n) is 2.58. The Balaban J connectivity index is 2.21. The molecular formula is C18H23ClN2O3S. The molecule has 7 heteroatoms.